The summed E-state index contributed by atoms with van der Waals surface area (Å²) in [5.41, 5.74) is 6.81. The van der Waals surface area contributed by atoms with Gasteiger partial charge >= 0.3 is 0 Å². The van der Waals surface area contributed by atoms with Gasteiger partial charge < -0.3 is 16.4 Å². The molecule has 5 nitrogen and oxygen atoms in total. The fraction of sp³-hybridized carbons (Fsp3) is 0.286. The van der Waals surface area contributed by atoms with Crippen molar-refractivity contribution < 1.29 is 9.59 Å². The van der Waals surface area contributed by atoms with Crippen molar-refractivity contribution in [1.82, 2.24) is 5.32 Å². The van der Waals surface area contributed by atoms with Crippen molar-refractivity contribution in [3.8, 4) is 0 Å². The van der Waals surface area contributed by atoms with Gasteiger partial charge in [-0.2, -0.15) is 0 Å². The van der Waals surface area contributed by atoms with Crippen LogP contribution in [0.1, 0.15) is 23.7 Å². The molecule has 19 heavy (non-hydrogen) atoms. The molecule has 0 spiro atoms. The van der Waals surface area contributed by atoms with E-state index < -0.39 is 6.04 Å². The van der Waals surface area contributed by atoms with Crippen LogP contribution >= 0.6 is 0 Å². The number of nitrogens with one attached hydrogen (secondary N) is 2. The van der Waals surface area contributed by atoms with Crippen LogP contribution in [0, 0.1) is 0 Å². The summed E-state index contributed by atoms with van der Waals surface area (Å²) < 4.78 is 0. The van der Waals surface area contributed by atoms with Gasteiger partial charge in [0.15, 0.2) is 0 Å². The molecular weight excluding hydrogens is 242 g/mol. The Labute approximate surface area is 112 Å². The molecular formula is C14H19N3O2. The molecule has 0 aliphatic rings. The molecule has 0 aliphatic carbocycles. The van der Waals surface area contributed by atoms with E-state index in [4.69, 9.17) is 5.73 Å². The molecule has 0 aliphatic heterocycles. The Bertz CT molecular complexity index is 454. The van der Waals surface area contributed by atoms with Crippen molar-refractivity contribution in [2.75, 3.05) is 11.9 Å². The first-order valence-corrected chi connectivity index (χ1v) is 6.14. The predicted octanol–water partition coefficient (Wildman–Crippen LogP) is 1.28. The number of amides is 2. The Kier molecular flexibility index (Phi) is 5.75. The summed E-state index contributed by atoms with van der Waals surface area (Å²) in [6, 6.07) is 6.03. The molecule has 5 heteroatoms. The van der Waals surface area contributed by atoms with E-state index in [1.165, 1.54) is 0 Å². The lowest BCUT2D eigenvalue weighted by Crippen LogP contribution is -2.35. The maximum absolute atomic E-state index is 11.7. The lowest BCUT2D eigenvalue weighted by molar-refractivity contribution is -0.117. The lowest BCUT2D eigenvalue weighted by atomic mass is 10.1. The third kappa shape index (κ3) is 4.56. The molecule has 1 rings (SSSR count). The zero-order valence-corrected chi connectivity index (χ0v) is 11.0. The quantitative estimate of drug-likeness (QED) is 0.674. The number of hydrogen-bond acceptors (Lipinski definition) is 3. The maximum Gasteiger partial charge on any atom is 0.251 e. The van der Waals surface area contributed by atoms with E-state index in [1.54, 1.807) is 30.3 Å². The monoisotopic (exact) mass is 261 g/mol. The number of carbonyl (C=O) groups excluding carboxylic acids is 2. The molecule has 0 saturated carbocycles. The Balaban J connectivity index is 2.64. The largest absolute Gasteiger partial charge is 0.352 e. The predicted molar refractivity (Wildman–Crippen MR) is 75.9 cm³/mol. The van der Waals surface area contributed by atoms with Gasteiger partial charge in [0.2, 0.25) is 5.91 Å². The van der Waals surface area contributed by atoms with Crippen LogP contribution in [0.15, 0.2) is 36.9 Å². The molecule has 1 aromatic rings. The van der Waals surface area contributed by atoms with E-state index in [2.05, 4.69) is 17.2 Å². The topological polar surface area (TPSA) is 84.2 Å². The van der Waals surface area contributed by atoms with Crippen LogP contribution in [0.4, 0.5) is 5.69 Å². The van der Waals surface area contributed by atoms with Crippen LogP contribution in [0.3, 0.4) is 0 Å². The number of hydrogen-bond donors (Lipinski definition) is 3. The second-order valence-electron chi connectivity index (χ2n) is 4.06. The minimum Gasteiger partial charge on any atom is -0.352 e. The van der Waals surface area contributed by atoms with Crippen molar-refractivity contribution in [3.63, 3.8) is 0 Å². The average Bonchev–Trinajstić information content (AvgIpc) is 2.40. The highest BCUT2D eigenvalue weighted by Crippen LogP contribution is 2.10. The second-order valence-corrected chi connectivity index (χ2v) is 4.06. The first-order chi connectivity index (χ1) is 9.08. The van der Waals surface area contributed by atoms with Gasteiger partial charge in [-0.15, -0.1) is 6.58 Å². The van der Waals surface area contributed by atoms with Crippen LogP contribution < -0.4 is 16.4 Å². The van der Waals surface area contributed by atoms with Gasteiger partial charge in [0.25, 0.3) is 5.91 Å². The fourth-order valence-corrected chi connectivity index (χ4v) is 1.49. The van der Waals surface area contributed by atoms with Crippen molar-refractivity contribution >= 4 is 17.5 Å². The van der Waals surface area contributed by atoms with E-state index in [9.17, 15) is 9.59 Å². The fourth-order valence-electron chi connectivity index (χ4n) is 1.49. The van der Waals surface area contributed by atoms with Crippen molar-refractivity contribution in [1.29, 1.82) is 0 Å². The van der Waals surface area contributed by atoms with Crippen LogP contribution in [-0.4, -0.2) is 24.4 Å². The van der Waals surface area contributed by atoms with E-state index in [0.29, 0.717) is 24.2 Å². The normalized spacial score (nSPS) is 11.5. The standard InChI is InChI=1S/C14H19N3O2/c1-3-5-12(15)14(19)17-11-8-6-10(7-9-11)13(18)16-4-2/h3,6-9,12H,1,4-5,15H2,2H3,(H,16,18)(H,17,19). The SMILES string of the molecule is C=CCC(N)C(=O)Nc1ccc(C(=O)NCC)cc1. The molecule has 4 N–H and O–H groups in total. The van der Waals surface area contributed by atoms with Crippen LogP contribution in [0.5, 0.6) is 0 Å². The summed E-state index contributed by atoms with van der Waals surface area (Å²) >= 11 is 0. The molecule has 0 heterocycles. The molecule has 0 fully saturated rings. The number of nitrogens with two attached hydrogens (primary N) is 1. The van der Waals surface area contributed by atoms with Gasteiger partial charge in [0, 0.05) is 17.8 Å². The lowest BCUT2D eigenvalue weighted by Gasteiger charge is -2.10. The summed E-state index contributed by atoms with van der Waals surface area (Å²) in [4.78, 5) is 23.2. The van der Waals surface area contributed by atoms with E-state index in [0.717, 1.165) is 0 Å². The maximum atomic E-state index is 11.7. The van der Waals surface area contributed by atoms with Gasteiger partial charge in [0.05, 0.1) is 6.04 Å². The van der Waals surface area contributed by atoms with Crippen molar-refractivity contribution in [3.05, 3.63) is 42.5 Å². The molecule has 1 aromatic carbocycles. The molecule has 2 amide bonds. The highest BCUT2D eigenvalue weighted by atomic mass is 16.2. The molecule has 0 bridgehead atoms. The number of anilines is 1. The van der Waals surface area contributed by atoms with Gasteiger partial charge in [-0.1, -0.05) is 6.08 Å². The van der Waals surface area contributed by atoms with E-state index in [1.807, 2.05) is 6.92 Å². The third-order valence-corrected chi connectivity index (χ3v) is 2.51. The summed E-state index contributed by atoms with van der Waals surface area (Å²) in [6.07, 6.45) is 2.02. The van der Waals surface area contributed by atoms with Gasteiger partial charge in [0.1, 0.15) is 0 Å². The molecule has 1 atom stereocenters. The average molecular weight is 261 g/mol. The van der Waals surface area contributed by atoms with Gasteiger partial charge in [-0.3, -0.25) is 9.59 Å². The van der Waals surface area contributed by atoms with Gasteiger partial charge in [-0.05, 0) is 37.6 Å². The van der Waals surface area contributed by atoms with E-state index in [-0.39, 0.29) is 11.8 Å². The highest BCUT2D eigenvalue weighted by Gasteiger charge is 2.12. The Morgan fingerprint density at radius 2 is 2.00 bits per heavy atom. The summed E-state index contributed by atoms with van der Waals surface area (Å²) in [6.45, 7) is 5.97. The number of benzene rings is 1. The van der Waals surface area contributed by atoms with E-state index >= 15 is 0 Å². The molecule has 1 unspecified atom stereocenters. The summed E-state index contributed by atoms with van der Waals surface area (Å²) in [5.74, 6) is -0.408. The Hall–Kier alpha value is -2.14. The Morgan fingerprint density at radius 3 is 2.53 bits per heavy atom. The zero-order chi connectivity index (χ0) is 14.3. The number of rotatable bonds is 6. The molecule has 0 saturated heterocycles. The van der Waals surface area contributed by atoms with Crippen LogP contribution in [0.25, 0.3) is 0 Å². The molecule has 102 valence electrons. The third-order valence-electron chi connectivity index (χ3n) is 2.51. The first-order valence-electron chi connectivity index (χ1n) is 6.14. The molecule has 0 radical (unpaired) electrons. The first kappa shape index (κ1) is 14.9. The minimum atomic E-state index is -0.611. The minimum absolute atomic E-state index is 0.135. The smallest absolute Gasteiger partial charge is 0.251 e. The van der Waals surface area contributed by atoms with Crippen molar-refractivity contribution in [2.45, 2.75) is 19.4 Å². The van der Waals surface area contributed by atoms with Crippen LogP contribution in [0.2, 0.25) is 0 Å². The van der Waals surface area contributed by atoms with Gasteiger partial charge in [-0.25, -0.2) is 0 Å². The van der Waals surface area contributed by atoms with Crippen molar-refractivity contribution in [2.24, 2.45) is 5.73 Å². The van der Waals surface area contributed by atoms with Crippen LogP contribution in [-0.2, 0) is 4.79 Å². The zero-order valence-electron chi connectivity index (χ0n) is 11.0. The Morgan fingerprint density at radius 1 is 1.37 bits per heavy atom. The molecule has 0 aromatic heterocycles. The number of carbonyl (C=O) groups is 2. The second kappa shape index (κ2) is 7.33. The highest BCUT2D eigenvalue weighted by molar-refractivity contribution is 5.97. The summed E-state index contributed by atoms with van der Waals surface area (Å²) in [5, 5.41) is 5.38. The summed E-state index contributed by atoms with van der Waals surface area (Å²) in [7, 11) is 0.